The first kappa shape index (κ1) is 41.5. The Labute approximate surface area is 418 Å². The molecule has 14 rings (SSSR count). The van der Waals surface area contributed by atoms with E-state index >= 15 is 0 Å². The van der Waals surface area contributed by atoms with Crippen molar-refractivity contribution in [3.63, 3.8) is 0 Å². The van der Waals surface area contributed by atoms with Crippen molar-refractivity contribution in [2.24, 2.45) is 0 Å². The number of rotatable bonds is 7. The molecule has 336 valence electrons. The highest BCUT2D eigenvalue weighted by Gasteiger charge is 2.26. The first-order chi connectivity index (χ1) is 35.6. The molecule has 2 heteroatoms. The standard InChI is InChI=1S/C70H45NO/c1-5-17-50-33-54(29-25-46(50)13-1)58-37-59(55-30-26-47-14-2-6-18-51(47)34-55)40-62(39-58)64-43-65(45-66(44-64)71-67-21-9-11-23-69(67)72-70-24-12-10-22-68(70)71)63-41-60(56-31-27-48-15-3-7-19-52(48)35-56)38-61(42-63)57-32-28-49-16-4-8-20-53(49)36-57/h1-45H. The van der Waals surface area contributed by atoms with Gasteiger partial charge in [0.2, 0.25) is 0 Å². The number of hydrogen-bond acceptors (Lipinski definition) is 2. The summed E-state index contributed by atoms with van der Waals surface area (Å²) >= 11 is 0. The lowest BCUT2D eigenvalue weighted by atomic mass is 9.89. The van der Waals surface area contributed by atoms with E-state index in [1.807, 2.05) is 12.1 Å². The molecule has 13 aromatic carbocycles. The zero-order chi connectivity index (χ0) is 47.5. The molecule has 72 heavy (non-hydrogen) atoms. The van der Waals surface area contributed by atoms with Gasteiger partial charge in [-0.2, -0.15) is 0 Å². The van der Waals surface area contributed by atoms with Crippen LogP contribution in [0.5, 0.6) is 11.5 Å². The van der Waals surface area contributed by atoms with E-state index in [1.54, 1.807) is 0 Å². The maximum atomic E-state index is 6.60. The minimum Gasteiger partial charge on any atom is -0.453 e. The van der Waals surface area contributed by atoms with E-state index in [1.165, 1.54) is 65.3 Å². The lowest BCUT2D eigenvalue weighted by molar-refractivity contribution is 0.477. The predicted molar refractivity (Wildman–Crippen MR) is 304 cm³/mol. The summed E-state index contributed by atoms with van der Waals surface area (Å²) < 4.78 is 6.60. The molecule has 13 aromatic rings. The van der Waals surface area contributed by atoms with Crippen molar-refractivity contribution in [1.82, 2.24) is 0 Å². The molecule has 0 bridgehead atoms. The molecule has 0 radical (unpaired) electrons. The lowest BCUT2D eigenvalue weighted by Crippen LogP contribution is -2.15. The smallest absolute Gasteiger partial charge is 0.151 e. The summed E-state index contributed by atoms with van der Waals surface area (Å²) in [5, 5.41) is 9.78. The van der Waals surface area contributed by atoms with E-state index in [0.717, 1.165) is 73.1 Å². The van der Waals surface area contributed by atoms with Crippen molar-refractivity contribution in [2.45, 2.75) is 0 Å². The minimum atomic E-state index is 0.817. The van der Waals surface area contributed by atoms with Gasteiger partial charge in [0.05, 0.1) is 11.4 Å². The van der Waals surface area contributed by atoms with Crippen LogP contribution in [0.25, 0.3) is 110 Å². The van der Waals surface area contributed by atoms with E-state index in [2.05, 4.69) is 266 Å². The molecule has 0 saturated heterocycles. The Hall–Kier alpha value is -9.50. The van der Waals surface area contributed by atoms with E-state index in [0.29, 0.717) is 0 Å². The third-order valence-electron chi connectivity index (χ3n) is 14.5. The van der Waals surface area contributed by atoms with Gasteiger partial charge in [-0.25, -0.2) is 0 Å². The Balaban J connectivity index is 1.03. The molecular formula is C70H45NO. The van der Waals surface area contributed by atoms with Crippen LogP contribution in [0.1, 0.15) is 0 Å². The molecule has 0 aliphatic carbocycles. The molecular weight excluding hydrogens is 871 g/mol. The molecule has 2 nitrogen and oxygen atoms in total. The molecule has 1 heterocycles. The number of benzene rings is 13. The lowest BCUT2D eigenvalue weighted by Gasteiger charge is -2.33. The monoisotopic (exact) mass is 915 g/mol. The zero-order valence-corrected chi connectivity index (χ0v) is 39.3. The summed E-state index contributed by atoms with van der Waals surface area (Å²) in [5.74, 6) is 1.63. The molecule has 0 aromatic heterocycles. The van der Waals surface area contributed by atoms with Crippen LogP contribution in [0.15, 0.2) is 273 Å². The van der Waals surface area contributed by atoms with Crippen LogP contribution >= 0.6 is 0 Å². The Bertz CT molecular complexity index is 3810. The summed E-state index contributed by atoms with van der Waals surface area (Å²) in [5.41, 5.74) is 16.8. The molecule has 0 atom stereocenters. The van der Waals surface area contributed by atoms with Gasteiger partial charge in [0.25, 0.3) is 0 Å². The fraction of sp³-hybridized carbons (Fsp3) is 0. The normalized spacial score (nSPS) is 12.0. The van der Waals surface area contributed by atoms with Crippen LogP contribution in [0, 0.1) is 0 Å². The number of anilines is 3. The SMILES string of the molecule is c1ccc2c(c1)Oc1ccccc1N2c1cc(-c2cc(-c3ccc4ccccc4c3)cc(-c3ccc4ccccc4c3)c2)cc(-c2cc(-c3ccc4ccccc4c3)cc(-c3ccc4ccccc4c3)c2)c1. The average Bonchev–Trinajstić information content (AvgIpc) is 3.45. The molecule has 1 aliphatic heterocycles. The number of para-hydroxylation sites is 4. The van der Waals surface area contributed by atoms with Crippen molar-refractivity contribution in [2.75, 3.05) is 4.90 Å². The summed E-state index contributed by atoms with van der Waals surface area (Å²) in [7, 11) is 0. The summed E-state index contributed by atoms with van der Waals surface area (Å²) in [6.45, 7) is 0. The molecule has 0 fully saturated rings. The minimum absolute atomic E-state index is 0.817. The van der Waals surface area contributed by atoms with E-state index < -0.39 is 0 Å². The molecule has 0 N–H and O–H groups in total. The highest BCUT2D eigenvalue weighted by Crippen LogP contribution is 2.52. The molecule has 0 spiro atoms. The van der Waals surface area contributed by atoms with Crippen molar-refractivity contribution < 1.29 is 4.74 Å². The highest BCUT2D eigenvalue weighted by atomic mass is 16.5. The van der Waals surface area contributed by atoms with Gasteiger partial charge in [-0.3, -0.25) is 0 Å². The summed E-state index contributed by atoms with van der Waals surface area (Å²) in [4.78, 5) is 2.37. The van der Waals surface area contributed by atoms with Crippen LogP contribution in [0.2, 0.25) is 0 Å². The topological polar surface area (TPSA) is 12.5 Å². The summed E-state index contributed by atoms with van der Waals surface area (Å²) in [6.07, 6.45) is 0. The van der Waals surface area contributed by atoms with Gasteiger partial charge in [-0.1, -0.05) is 170 Å². The second-order valence-corrected chi connectivity index (χ2v) is 19.0. The van der Waals surface area contributed by atoms with Crippen molar-refractivity contribution in [3.8, 4) is 78.3 Å². The van der Waals surface area contributed by atoms with Gasteiger partial charge in [0.15, 0.2) is 11.5 Å². The van der Waals surface area contributed by atoms with Crippen LogP contribution in [0.3, 0.4) is 0 Å². The highest BCUT2D eigenvalue weighted by molar-refractivity contribution is 5.97. The summed E-state index contributed by atoms with van der Waals surface area (Å²) in [6, 6.07) is 100.0. The predicted octanol–water partition coefficient (Wildman–Crippen LogP) is 19.9. The maximum absolute atomic E-state index is 6.60. The Morgan fingerprint density at radius 3 is 0.764 bits per heavy atom. The first-order valence-electron chi connectivity index (χ1n) is 24.7. The zero-order valence-electron chi connectivity index (χ0n) is 39.3. The Morgan fingerprint density at radius 1 is 0.194 bits per heavy atom. The Kier molecular flexibility index (Phi) is 9.89. The van der Waals surface area contributed by atoms with Crippen molar-refractivity contribution in [1.29, 1.82) is 0 Å². The second kappa shape index (κ2) is 17.2. The van der Waals surface area contributed by atoms with Gasteiger partial charge in [-0.15, -0.1) is 0 Å². The fourth-order valence-corrected chi connectivity index (χ4v) is 10.8. The number of ether oxygens (including phenoxy) is 1. The quantitative estimate of drug-likeness (QED) is 0.158. The molecule has 0 saturated carbocycles. The molecule has 1 aliphatic rings. The van der Waals surface area contributed by atoms with Gasteiger partial charge in [-0.05, 0) is 213 Å². The third-order valence-corrected chi connectivity index (χ3v) is 14.5. The first-order valence-corrected chi connectivity index (χ1v) is 24.7. The van der Waals surface area contributed by atoms with Crippen LogP contribution in [-0.2, 0) is 0 Å². The Morgan fingerprint density at radius 2 is 0.444 bits per heavy atom. The van der Waals surface area contributed by atoms with Crippen LogP contribution in [-0.4, -0.2) is 0 Å². The fourth-order valence-electron chi connectivity index (χ4n) is 10.8. The number of hydrogen-bond donors (Lipinski definition) is 0. The van der Waals surface area contributed by atoms with E-state index in [4.69, 9.17) is 4.74 Å². The average molecular weight is 916 g/mol. The van der Waals surface area contributed by atoms with Gasteiger partial charge >= 0.3 is 0 Å². The van der Waals surface area contributed by atoms with Crippen LogP contribution < -0.4 is 9.64 Å². The maximum Gasteiger partial charge on any atom is 0.151 e. The van der Waals surface area contributed by atoms with Gasteiger partial charge in [0.1, 0.15) is 0 Å². The van der Waals surface area contributed by atoms with Gasteiger partial charge in [0, 0.05) is 5.69 Å². The van der Waals surface area contributed by atoms with Crippen molar-refractivity contribution in [3.05, 3.63) is 273 Å². The third kappa shape index (κ3) is 7.54. The molecule has 0 unspecified atom stereocenters. The van der Waals surface area contributed by atoms with Crippen molar-refractivity contribution >= 4 is 60.2 Å². The number of nitrogens with zero attached hydrogens (tertiary/aromatic N) is 1. The second-order valence-electron chi connectivity index (χ2n) is 19.0. The van der Waals surface area contributed by atoms with E-state index in [9.17, 15) is 0 Å². The van der Waals surface area contributed by atoms with Crippen LogP contribution in [0.4, 0.5) is 17.1 Å². The van der Waals surface area contributed by atoms with Gasteiger partial charge < -0.3 is 9.64 Å². The number of fused-ring (bicyclic) bond motifs is 6. The van der Waals surface area contributed by atoms with E-state index in [-0.39, 0.29) is 0 Å². The largest absolute Gasteiger partial charge is 0.453 e. The molecule has 0 amide bonds.